The molecule has 1 aromatic heterocycles. The van der Waals surface area contributed by atoms with Crippen molar-refractivity contribution >= 4 is 17.7 Å². The average Bonchev–Trinajstić information content (AvgIpc) is 3.23. The highest BCUT2D eigenvalue weighted by Gasteiger charge is 2.21. The number of hydrogen-bond acceptors (Lipinski definition) is 4. The van der Waals surface area contributed by atoms with E-state index in [4.69, 9.17) is 0 Å². The Hall–Kier alpha value is -3.94. The van der Waals surface area contributed by atoms with Gasteiger partial charge in [-0.3, -0.25) is 19.1 Å². The lowest BCUT2D eigenvalue weighted by Gasteiger charge is -2.24. The Labute approximate surface area is 224 Å². The molecule has 2 aromatic carbocycles. The van der Waals surface area contributed by atoms with Crippen molar-refractivity contribution in [1.82, 2.24) is 25.3 Å². The number of carbonyl (C=O) groups excluding carboxylic acids is 3. The molecule has 0 bridgehead atoms. The topological polar surface area (TPSA) is 96.3 Å². The van der Waals surface area contributed by atoms with Gasteiger partial charge in [-0.1, -0.05) is 42.5 Å². The third-order valence-corrected chi connectivity index (χ3v) is 6.96. The summed E-state index contributed by atoms with van der Waals surface area (Å²) in [6.45, 7) is 5.83. The SMILES string of the molecule is Cc1cc(C)n(Cc2cccc(C(=O)N3CCCNC(=O)CCC(c4ccccc4)CCNC(=O)C3)c2)n1. The average molecular weight is 516 g/mol. The van der Waals surface area contributed by atoms with Crippen molar-refractivity contribution < 1.29 is 14.4 Å². The van der Waals surface area contributed by atoms with Crippen LogP contribution in [0.1, 0.15) is 64.5 Å². The maximum Gasteiger partial charge on any atom is 0.254 e. The maximum atomic E-state index is 13.5. The first-order chi connectivity index (χ1) is 18.4. The van der Waals surface area contributed by atoms with Crippen molar-refractivity contribution in [2.45, 2.75) is 52.0 Å². The Morgan fingerprint density at radius 2 is 1.74 bits per heavy atom. The number of nitrogens with one attached hydrogen (secondary N) is 2. The van der Waals surface area contributed by atoms with Crippen LogP contribution < -0.4 is 10.6 Å². The fourth-order valence-corrected chi connectivity index (χ4v) is 4.96. The molecule has 2 N–H and O–H groups in total. The molecule has 8 heteroatoms. The van der Waals surface area contributed by atoms with Gasteiger partial charge in [0.1, 0.15) is 0 Å². The van der Waals surface area contributed by atoms with Gasteiger partial charge in [0.15, 0.2) is 0 Å². The van der Waals surface area contributed by atoms with E-state index in [2.05, 4.69) is 27.9 Å². The molecule has 0 spiro atoms. The molecule has 1 unspecified atom stereocenters. The van der Waals surface area contributed by atoms with Crippen LogP contribution in [0.5, 0.6) is 0 Å². The predicted molar refractivity (Wildman–Crippen MR) is 147 cm³/mol. The fourth-order valence-electron chi connectivity index (χ4n) is 4.96. The highest BCUT2D eigenvalue weighted by molar-refractivity contribution is 5.96. The minimum Gasteiger partial charge on any atom is -0.356 e. The van der Waals surface area contributed by atoms with E-state index in [1.807, 2.05) is 61.0 Å². The molecule has 3 amide bonds. The van der Waals surface area contributed by atoms with Crippen molar-refractivity contribution in [1.29, 1.82) is 0 Å². The number of hydrogen-bond donors (Lipinski definition) is 2. The number of benzene rings is 2. The molecular weight excluding hydrogens is 478 g/mol. The number of rotatable bonds is 4. The number of carbonyl (C=O) groups is 3. The highest BCUT2D eigenvalue weighted by atomic mass is 16.2. The largest absolute Gasteiger partial charge is 0.356 e. The minimum absolute atomic E-state index is 0.0155. The summed E-state index contributed by atoms with van der Waals surface area (Å²) in [7, 11) is 0. The zero-order valence-electron chi connectivity index (χ0n) is 22.3. The van der Waals surface area contributed by atoms with Gasteiger partial charge in [-0.2, -0.15) is 5.10 Å². The Bertz CT molecular complexity index is 1250. The van der Waals surface area contributed by atoms with E-state index in [9.17, 15) is 14.4 Å². The van der Waals surface area contributed by atoms with Crippen molar-refractivity contribution in [2.24, 2.45) is 0 Å². The quantitative estimate of drug-likeness (QED) is 0.555. The predicted octanol–water partition coefficient (Wildman–Crippen LogP) is 3.58. The van der Waals surface area contributed by atoms with E-state index in [-0.39, 0.29) is 30.2 Å². The first-order valence-corrected chi connectivity index (χ1v) is 13.4. The molecule has 1 saturated heterocycles. The molecule has 0 saturated carbocycles. The van der Waals surface area contributed by atoms with Crippen molar-refractivity contribution in [2.75, 3.05) is 26.2 Å². The molecule has 4 rings (SSSR count). The van der Waals surface area contributed by atoms with Crippen LogP contribution in [0.3, 0.4) is 0 Å². The van der Waals surface area contributed by atoms with E-state index < -0.39 is 0 Å². The van der Waals surface area contributed by atoms with Crippen molar-refractivity contribution in [3.05, 3.63) is 88.7 Å². The van der Waals surface area contributed by atoms with Gasteiger partial charge in [-0.15, -0.1) is 0 Å². The summed E-state index contributed by atoms with van der Waals surface area (Å²) >= 11 is 0. The van der Waals surface area contributed by atoms with Gasteiger partial charge in [0, 0.05) is 37.3 Å². The third-order valence-electron chi connectivity index (χ3n) is 6.96. The summed E-state index contributed by atoms with van der Waals surface area (Å²) in [6, 6.07) is 19.6. The fraction of sp³-hybridized carbons (Fsp3) is 0.400. The Morgan fingerprint density at radius 3 is 2.50 bits per heavy atom. The lowest BCUT2D eigenvalue weighted by molar-refractivity contribution is -0.123. The molecule has 8 nitrogen and oxygen atoms in total. The van der Waals surface area contributed by atoms with E-state index in [1.165, 1.54) is 5.56 Å². The second kappa shape index (κ2) is 13.0. The van der Waals surface area contributed by atoms with Crippen LogP contribution in [-0.2, 0) is 16.1 Å². The Kier molecular flexibility index (Phi) is 9.30. The van der Waals surface area contributed by atoms with Gasteiger partial charge in [0.2, 0.25) is 11.8 Å². The van der Waals surface area contributed by atoms with Crippen LogP contribution in [0.25, 0.3) is 0 Å². The van der Waals surface area contributed by atoms with Crippen LogP contribution in [0.4, 0.5) is 0 Å². The lowest BCUT2D eigenvalue weighted by atomic mass is 9.91. The Balaban J connectivity index is 1.45. The molecule has 1 aliphatic heterocycles. The van der Waals surface area contributed by atoms with Gasteiger partial charge >= 0.3 is 0 Å². The van der Waals surface area contributed by atoms with Gasteiger partial charge in [-0.05, 0) is 68.4 Å². The van der Waals surface area contributed by atoms with Crippen LogP contribution in [0, 0.1) is 13.8 Å². The first kappa shape index (κ1) is 27.1. The lowest BCUT2D eigenvalue weighted by Crippen LogP contribution is -2.42. The molecule has 1 aliphatic rings. The molecular formula is C30H37N5O3. The van der Waals surface area contributed by atoms with Gasteiger partial charge in [0.05, 0.1) is 18.8 Å². The minimum atomic E-state index is -0.198. The summed E-state index contributed by atoms with van der Waals surface area (Å²) in [4.78, 5) is 40.4. The normalized spacial score (nSPS) is 17.8. The molecule has 200 valence electrons. The van der Waals surface area contributed by atoms with E-state index >= 15 is 0 Å². The molecule has 3 aromatic rings. The van der Waals surface area contributed by atoms with Crippen molar-refractivity contribution in [3.8, 4) is 0 Å². The molecule has 1 fully saturated rings. The second-order valence-electron chi connectivity index (χ2n) is 10.0. The molecule has 0 radical (unpaired) electrons. The number of aryl methyl sites for hydroxylation is 2. The second-order valence-corrected chi connectivity index (χ2v) is 10.0. The maximum absolute atomic E-state index is 13.5. The van der Waals surface area contributed by atoms with E-state index in [1.54, 1.807) is 11.0 Å². The smallest absolute Gasteiger partial charge is 0.254 e. The number of nitrogens with zero attached hydrogens (tertiary/aromatic N) is 3. The molecule has 2 heterocycles. The number of amides is 3. The Morgan fingerprint density at radius 1 is 0.947 bits per heavy atom. The van der Waals surface area contributed by atoms with Gasteiger partial charge in [0.25, 0.3) is 5.91 Å². The highest BCUT2D eigenvalue weighted by Crippen LogP contribution is 2.24. The summed E-state index contributed by atoms with van der Waals surface area (Å²) in [5.74, 6) is -0.185. The zero-order valence-corrected chi connectivity index (χ0v) is 22.3. The van der Waals surface area contributed by atoms with Gasteiger partial charge < -0.3 is 15.5 Å². The van der Waals surface area contributed by atoms with Gasteiger partial charge in [-0.25, -0.2) is 0 Å². The van der Waals surface area contributed by atoms with Crippen LogP contribution in [0.2, 0.25) is 0 Å². The van der Waals surface area contributed by atoms with E-state index in [0.29, 0.717) is 44.6 Å². The number of aromatic nitrogens is 2. The summed E-state index contributed by atoms with van der Waals surface area (Å²) in [5, 5.41) is 10.5. The molecule has 38 heavy (non-hydrogen) atoms. The third kappa shape index (κ3) is 7.54. The zero-order chi connectivity index (χ0) is 26.9. The van der Waals surface area contributed by atoms with Crippen LogP contribution >= 0.6 is 0 Å². The van der Waals surface area contributed by atoms with Crippen LogP contribution in [-0.4, -0.2) is 58.6 Å². The first-order valence-electron chi connectivity index (χ1n) is 13.4. The standard InChI is InChI=1S/C30H37N5O3/c1-22-18-23(2)35(33-22)20-24-8-6-11-27(19-24)30(38)34-17-7-15-31-28(36)13-12-26(14-16-32-29(37)21-34)25-9-4-3-5-10-25/h3-6,8-11,18-19,26H,7,12-17,20-21H2,1-2H3,(H,31,36)(H,32,37). The van der Waals surface area contributed by atoms with Crippen molar-refractivity contribution in [3.63, 3.8) is 0 Å². The van der Waals surface area contributed by atoms with E-state index in [0.717, 1.165) is 29.8 Å². The monoisotopic (exact) mass is 515 g/mol. The summed E-state index contributed by atoms with van der Waals surface area (Å²) in [5.41, 5.74) is 4.67. The molecule has 0 aliphatic carbocycles. The van der Waals surface area contributed by atoms with Crippen LogP contribution in [0.15, 0.2) is 60.7 Å². The summed E-state index contributed by atoms with van der Waals surface area (Å²) < 4.78 is 1.92. The summed E-state index contributed by atoms with van der Waals surface area (Å²) in [6.07, 6.45) is 2.45. The molecule has 1 atom stereocenters.